The second-order valence-electron chi connectivity index (χ2n) is 2.77. The van der Waals surface area contributed by atoms with Gasteiger partial charge in [-0.05, 0) is 11.1 Å². The van der Waals surface area contributed by atoms with Gasteiger partial charge in [0.05, 0.1) is 0 Å². The SMILES string of the molecule is O=[P+](O)OCCc1ccc(CBr)cc1. The summed E-state index contributed by atoms with van der Waals surface area (Å²) in [5.41, 5.74) is 2.31. The molecule has 0 radical (unpaired) electrons. The summed E-state index contributed by atoms with van der Waals surface area (Å²) < 4.78 is 14.8. The maximum Gasteiger partial charge on any atom is 0.694 e. The highest BCUT2D eigenvalue weighted by molar-refractivity contribution is 9.08. The Labute approximate surface area is 92.2 Å². The van der Waals surface area contributed by atoms with Crippen molar-refractivity contribution >= 4 is 24.2 Å². The van der Waals surface area contributed by atoms with Crippen molar-refractivity contribution in [1.29, 1.82) is 0 Å². The van der Waals surface area contributed by atoms with Gasteiger partial charge in [0.1, 0.15) is 6.61 Å². The van der Waals surface area contributed by atoms with Gasteiger partial charge in [-0.1, -0.05) is 40.2 Å². The summed E-state index contributed by atoms with van der Waals surface area (Å²) in [7, 11) is -2.46. The van der Waals surface area contributed by atoms with Crippen molar-refractivity contribution in [3.63, 3.8) is 0 Å². The van der Waals surface area contributed by atoms with Crippen molar-refractivity contribution < 1.29 is 14.0 Å². The van der Waals surface area contributed by atoms with Crippen LogP contribution in [-0.4, -0.2) is 11.5 Å². The Balaban J connectivity index is 2.40. The summed E-state index contributed by atoms with van der Waals surface area (Å²) in [5.74, 6) is 0. The van der Waals surface area contributed by atoms with E-state index in [1.807, 2.05) is 24.3 Å². The van der Waals surface area contributed by atoms with Crippen LogP contribution in [0.1, 0.15) is 11.1 Å². The van der Waals surface area contributed by atoms with Gasteiger partial charge in [-0.15, -0.1) is 9.42 Å². The number of rotatable bonds is 5. The predicted octanol–water partition coefficient (Wildman–Crippen LogP) is 2.79. The monoisotopic (exact) mass is 277 g/mol. The van der Waals surface area contributed by atoms with E-state index in [9.17, 15) is 4.57 Å². The van der Waals surface area contributed by atoms with Crippen molar-refractivity contribution in [2.24, 2.45) is 0 Å². The van der Waals surface area contributed by atoms with Gasteiger partial charge < -0.3 is 0 Å². The smallest absolute Gasteiger partial charge is 0.133 e. The first-order chi connectivity index (χ1) is 6.72. The first kappa shape index (κ1) is 11.8. The summed E-state index contributed by atoms with van der Waals surface area (Å²) in [6, 6.07) is 8.01. The molecule has 0 spiro atoms. The summed E-state index contributed by atoms with van der Waals surface area (Å²) in [6.45, 7) is 0.277. The Morgan fingerprint density at radius 1 is 1.29 bits per heavy atom. The molecule has 1 atom stereocenters. The van der Waals surface area contributed by atoms with Crippen LogP contribution in [0, 0.1) is 0 Å². The number of benzene rings is 1. The zero-order valence-electron chi connectivity index (χ0n) is 7.52. The van der Waals surface area contributed by atoms with Crippen molar-refractivity contribution in [3.8, 4) is 0 Å². The number of hydrogen-bond donors (Lipinski definition) is 1. The standard InChI is InChI=1S/C9H10BrO3P/c10-7-9-3-1-8(2-4-9)5-6-13-14(11)12/h1-4H,5-7H2/p+1. The Morgan fingerprint density at radius 3 is 2.36 bits per heavy atom. The van der Waals surface area contributed by atoms with E-state index in [1.165, 1.54) is 5.56 Å². The zero-order valence-corrected chi connectivity index (χ0v) is 10.0. The molecule has 0 saturated carbocycles. The first-order valence-electron chi connectivity index (χ1n) is 4.15. The molecule has 76 valence electrons. The molecule has 1 unspecified atom stereocenters. The van der Waals surface area contributed by atoms with E-state index in [1.54, 1.807) is 0 Å². The van der Waals surface area contributed by atoms with Gasteiger partial charge in [0, 0.05) is 16.3 Å². The second kappa shape index (κ2) is 6.25. The molecule has 3 nitrogen and oxygen atoms in total. The highest BCUT2D eigenvalue weighted by atomic mass is 79.9. The van der Waals surface area contributed by atoms with E-state index in [4.69, 9.17) is 4.89 Å². The van der Waals surface area contributed by atoms with Crippen LogP contribution >= 0.6 is 24.2 Å². The zero-order chi connectivity index (χ0) is 10.4. The summed E-state index contributed by atoms with van der Waals surface area (Å²) in [6.07, 6.45) is 0.657. The van der Waals surface area contributed by atoms with E-state index in [0.29, 0.717) is 6.42 Å². The van der Waals surface area contributed by atoms with Gasteiger partial charge in [-0.3, -0.25) is 0 Å². The molecule has 1 aromatic carbocycles. The maximum atomic E-state index is 10.2. The van der Waals surface area contributed by atoms with Gasteiger partial charge in [-0.25, -0.2) is 0 Å². The molecule has 5 heteroatoms. The lowest BCUT2D eigenvalue weighted by Crippen LogP contribution is -1.93. The average Bonchev–Trinajstić information content (AvgIpc) is 2.18. The van der Waals surface area contributed by atoms with E-state index in [0.717, 1.165) is 10.9 Å². The fraction of sp³-hybridized carbons (Fsp3) is 0.333. The fourth-order valence-electron chi connectivity index (χ4n) is 1.04. The van der Waals surface area contributed by atoms with Gasteiger partial charge >= 0.3 is 8.25 Å². The van der Waals surface area contributed by atoms with E-state index < -0.39 is 8.25 Å². The normalized spacial score (nSPS) is 11.4. The first-order valence-corrected chi connectivity index (χ1v) is 6.40. The molecule has 0 aliphatic rings. The molecular weight excluding hydrogens is 267 g/mol. The lowest BCUT2D eigenvalue weighted by Gasteiger charge is -1.98. The number of halogens is 1. The third-order valence-corrected chi connectivity index (χ3v) is 2.82. The van der Waals surface area contributed by atoms with Crippen molar-refractivity contribution in [2.45, 2.75) is 11.8 Å². The topological polar surface area (TPSA) is 46.5 Å². The van der Waals surface area contributed by atoms with Crippen molar-refractivity contribution in [3.05, 3.63) is 35.4 Å². The molecule has 0 fully saturated rings. The maximum absolute atomic E-state index is 10.2. The molecule has 14 heavy (non-hydrogen) atoms. The minimum atomic E-state index is -2.46. The minimum absolute atomic E-state index is 0.277. The number of hydrogen-bond acceptors (Lipinski definition) is 2. The molecule has 0 aliphatic carbocycles. The van der Waals surface area contributed by atoms with E-state index >= 15 is 0 Å². The molecule has 0 amide bonds. The Bertz CT molecular complexity index is 299. The third-order valence-electron chi connectivity index (χ3n) is 1.77. The molecule has 1 aromatic rings. The van der Waals surface area contributed by atoms with Crippen LogP contribution in [0.2, 0.25) is 0 Å². The number of alkyl halides is 1. The second-order valence-corrected chi connectivity index (χ2v) is 4.07. The molecular formula is C9H11BrO3P+. The molecule has 1 N–H and O–H groups in total. The van der Waals surface area contributed by atoms with Crippen LogP contribution in [0.25, 0.3) is 0 Å². The van der Waals surface area contributed by atoms with Crippen LogP contribution in [0.15, 0.2) is 24.3 Å². The molecule has 1 rings (SSSR count). The van der Waals surface area contributed by atoms with E-state index in [2.05, 4.69) is 20.5 Å². The Kier molecular flexibility index (Phi) is 5.26. The van der Waals surface area contributed by atoms with Crippen LogP contribution in [0.5, 0.6) is 0 Å². The average molecular weight is 278 g/mol. The molecule has 0 heterocycles. The summed E-state index contributed by atoms with van der Waals surface area (Å²) in [5, 5.41) is 0.840. The molecule has 0 aromatic heterocycles. The van der Waals surface area contributed by atoms with Crippen LogP contribution in [0.3, 0.4) is 0 Å². The molecule has 0 saturated heterocycles. The quantitative estimate of drug-likeness (QED) is 0.665. The molecule has 0 bridgehead atoms. The summed E-state index contributed by atoms with van der Waals surface area (Å²) in [4.78, 5) is 8.39. The highest BCUT2D eigenvalue weighted by Gasteiger charge is 2.10. The van der Waals surface area contributed by atoms with Gasteiger partial charge in [-0.2, -0.15) is 0 Å². The van der Waals surface area contributed by atoms with Crippen LogP contribution < -0.4 is 0 Å². The molecule has 0 aliphatic heterocycles. The predicted molar refractivity (Wildman–Crippen MR) is 58.6 cm³/mol. The van der Waals surface area contributed by atoms with E-state index in [-0.39, 0.29) is 6.61 Å². The minimum Gasteiger partial charge on any atom is -0.133 e. The Morgan fingerprint density at radius 2 is 1.86 bits per heavy atom. The summed E-state index contributed by atoms with van der Waals surface area (Å²) >= 11 is 3.36. The lowest BCUT2D eigenvalue weighted by atomic mass is 10.1. The van der Waals surface area contributed by atoms with Crippen molar-refractivity contribution in [1.82, 2.24) is 0 Å². The lowest BCUT2D eigenvalue weighted by molar-refractivity contribution is 0.285. The van der Waals surface area contributed by atoms with Gasteiger partial charge in [0.15, 0.2) is 0 Å². The van der Waals surface area contributed by atoms with Crippen LogP contribution in [-0.2, 0) is 20.8 Å². The Hall–Kier alpha value is -0.280. The van der Waals surface area contributed by atoms with Gasteiger partial charge in [0.25, 0.3) is 0 Å². The largest absolute Gasteiger partial charge is 0.694 e. The third kappa shape index (κ3) is 4.29. The highest BCUT2D eigenvalue weighted by Crippen LogP contribution is 2.15. The van der Waals surface area contributed by atoms with Crippen LogP contribution in [0.4, 0.5) is 0 Å². The van der Waals surface area contributed by atoms with Crippen molar-refractivity contribution in [2.75, 3.05) is 6.61 Å². The fourth-order valence-corrected chi connectivity index (χ4v) is 1.66. The van der Waals surface area contributed by atoms with Gasteiger partial charge in [0.2, 0.25) is 0 Å².